The van der Waals surface area contributed by atoms with Crippen molar-refractivity contribution in [1.82, 2.24) is 0 Å². The van der Waals surface area contributed by atoms with E-state index in [9.17, 15) is 18.0 Å². The molecule has 0 N–H and O–H groups in total. The Hall–Kier alpha value is -0.740. The second-order valence-electron chi connectivity index (χ2n) is 3.23. The summed E-state index contributed by atoms with van der Waals surface area (Å²) in [6.07, 6.45) is -4.03. The summed E-state index contributed by atoms with van der Waals surface area (Å²) in [6.45, 7) is 3.36. The third-order valence-corrected chi connectivity index (χ3v) is 1.51. The van der Waals surface area contributed by atoms with Gasteiger partial charge in [-0.15, -0.1) is 0 Å². The molecule has 0 aromatic heterocycles. The van der Waals surface area contributed by atoms with Gasteiger partial charge in [0.2, 0.25) is 5.60 Å². The highest BCUT2D eigenvalue weighted by Gasteiger charge is 2.50. The smallest absolute Gasteiger partial charge is 0.427 e. The lowest BCUT2D eigenvalue weighted by atomic mass is 10.1. The number of carbonyl (C=O) groups is 1. The molecule has 78 valence electrons. The van der Waals surface area contributed by atoms with Gasteiger partial charge in [-0.05, 0) is 20.3 Å². The number of halogens is 3. The van der Waals surface area contributed by atoms with Crippen LogP contribution in [0, 0.1) is 0 Å². The number of ether oxygens (including phenoxy) is 1. The molecule has 0 saturated heterocycles. The summed E-state index contributed by atoms with van der Waals surface area (Å²) in [5, 5.41) is 0. The number of rotatable bonds is 3. The fraction of sp³-hybridized carbons (Fsp3) is 0.875. The highest BCUT2D eigenvalue weighted by atomic mass is 19.4. The van der Waals surface area contributed by atoms with E-state index in [1.807, 2.05) is 0 Å². The lowest BCUT2D eigenvalue weighted by Gasteiger charge is -2.27. The topological polar surface area (TPSA) is 26.3 Å². The molecule has 0 aliphatic rings. The minimum Gasteiger partial charge on any atom is -0.450 e. The number of alkyl halides is 3. The van der Waals surface area contributed by atoms with Crippen molar-refractivity contribution in [2.75, 3.05) is 0 Å². The second kappa shape index (κ2) is 3.98. The number of hydrogen-bond donors (Lipinski definition) is 0. The molecular weight excluding hydrogens is 185 g/mol. The summed E-state index contributed by atoms with van der Waals surface area (Å²) in [6, 6.07) is 0. The Morgan fingerprint density at radius 1 is 1.31 bits per heavy atom. The van der Waals surface area contributed by atoms with Gasteiger partial charge in [-0.1, -0.05) is 6.92 Å². The van der Waals surface area contributed by atoms with Crippen LogP contribution in [0.3, 0.4) is 0 Å². The average Bonchev–Trinajstić information content (AvgIpc) is 1.83. The number of hydrogen-bond acceptors (Lipinski definition) is 2. The van der Waals surface area contributed by atoms with E-state index in [1.165, 1.54) is 0 Å². The van der Waals surface area contributed by atoms with Crippen molar-refractivity contribution < 1.29 is 22.7 Å². The van der Waals surface area contributed by atoms with Gasteiger partial charge < -0.3 is 4.74 Å². The quantitative estimate of drug-likeness (QED) is 0.651. The molecule has 0 aliphatic heterocycles. The largest absolute Gasteiger partial charge is 0.450 e. The van der Waals surface area contributed by atoms with Crippen LogP contribution in [0.25, 0.3) is 0 Å². The number of carbonyl (C=O) groups excluding carboxylic acids is 1. The van der Waals surface area contributed by atoms with E-state index >= 15 is 0 Å². The Morgan fingerprint density at radius 2 is 1.77 bits per heavy atom. The van der Waals surface area contributed by atoms with Crippen LogP contribution in [-0.4, -0.2) is 17.7 Å². The molecule has 0 aliphatic carbocycles. The van der Waals surface area contributed by atoms with Crippen molar-refractivity contribution in [1.29, 1.82) is 0 Å². The first-order valence-corrected chi connectivity index (χ1v) is 3.99. The van der Waals surface area contributed by atoms with Gasteiger partial charge in [-0.25, -0.2) is 0 Å². The zero-order chi connectivity index (χ0) is 10.7. The van der Waals surface area contributed by atoms with E-state index < -0.39 is 17.7 Å². The Morgan fingerprint density at radius 3 is 2.08 bits per heavy atom. The first kappa shape index (κ1) is 12.3. The molecule has 13 heavy (non-hydrogen) atoms. The van der Waals surface area contributed by atoms with Crippen LogP contribution >= 0.6 is 0 Å². The van der Waals surface area contributed by atoms with Gasteiger partial charge in [0.15, 0.2) is 0 Å². The molecule has 2 nitrogen and oxygen atoms in total. The summed E-state index contributed by atoms with van der Waals surface area (Å²) in [5.74, 6) is -0.815. The van der Waals surface area contributed by atoms with E-state index in [1.54, 1.807) is 6.92 Å². The van der Waals surface area contributed by atoms with Crippen molar-refractivity contribution in [3.63, 3.8) is 0 Å². The van der Waals surface area contributed by atoms with Gasteiger partial charge in [-0.2, -0.15) is 13.2 Å². The second-order valence-corrected chi connectivity index (χ2v) is 3.23. The minimum absolute atomic E-state index is 0.0134. The van der Waals surface area contributed by atoms with Crippen LogP contribution in [0.15, 0.2) is 0 Å². The lowest BCUT2D eigenvalue weighted by molar-refractivity contribution is -0.257. The third kappa shape index (κ3) is 3.65. The van der Waals surface area contributed by atoms with E-state index in [4.69, 9.17) is 0 Å². The number of esters is 1. The molecule has 0 atom stereocenters. The van der Waals surface area contributed by atoms with Crippen molar-refractivity contribution in [3.05, 3.63) is 0 Å². The maximum Gasteiger partial charge on any atom is 0.427 e. The Balaban J connectivity index is 4.26. The molecule has 0 bridgehead atoms. The first-order chi connectivity index (χ1) is 5.70. The summed E-state index contributed by atoms with van der Waals surface area (Å²) in [5.41, 5.74) is -2.39. The molecule has 0 radical (unpaired) electrons. The van der Waals surface area contributed by atoms with Crippen molar-refractivity contribution >= 4 is 5.97 Å². The molecule has 0 rings (SSSR count). The van der Waals surface area contributed by atoms with E-state index in [2.05, 4.69) is 4.74 Å². The van der Waals surface area contributed by atoms with Crippen LogP contribution in [0.5, 0.6) is 0 Å². The Kier molecular flexibility index (Phi) is 3.75. The fourth-order valence-electron chi connectivity index (χ4n) is 0.598. The molecule has 0 fully saturated rings. The van der Waals surface area contributed by atoms with Crippen molar-refractivity contribution in [2.24, 2.45) is 0 Å². The molecule has 5 heteroatoms. The maximum absolute atomic E-state index is 12.2. The molecule has 0 saturated carbocycles. The normalized spacial score (nSPS) is 12.8. The Labute approximate surface area is 75.1 Å². The standard InChI is InChI=1S/C8H13F3O2/c1-4-5-6(12)13-7(2,3)8(9,10)11/h4-5H2,1-3H3. The monoisotopic (exact) mass is 198 g/mol. The molecular formula is C8H13F3O2. The molecule has 0 spiro atoms. The molecule has 0 aromatic carbocycles. The van der Waals surface area contributed by atoms with E-state index in [-0.39, 0.29) is 6.42 Å². The van der Waals surface area contributed by atoms with Gasteiger partial charge in [0, 0.05) is 6.42 Å². The molecule has 0 heterocycles. The van der Waals surface area contributed by atoms with Crippen LogP contribution in [0.4, 0.5) is 13.2 Å². The van der Waals surface area contributed by atoms with E-state index in [0.29, 0.717) is 6.42 Å². The third-order valence-electron chi connectivity index (χ3n) is 1.51. The van der Waals surface area contributed by atoms with Gasteiger partial charge in [0.05, 0.1) is 0 Å². The summed E-state index contributed by atoms with van der Waals surface area (Å²) in [7, 11) is 0. The average molecular weight is 198 g/mol. The van der Waals surface area contributed by atoms with E-state index in [0.717, 1.165) is 13.8 Å². The van der Waals surface area contributed by atoms with Crippen LogP contribution in [0.2, 0.25) is 0 Å². The van der Waals surface area contributed by atoms with Crippen LogP contribution < -0.4 is 0 Å². The predicted molar refractivity (Wildman–Crippen MR) is 41.1 cm³/mol. The highest BCUT2D eigenvalue weighted by Crippen LogP contribution is 2.33. The van der Waals surface area contributed by atoms with Crippen molar-refractivity contribution in [2.45, 2.75) is 45.4 Å². The molecule has 0 aromatic rings. The summed E-state index contributed by atoms with van der Waals surface area (Å²) < 4.78 is 40.7. The predicted octanol–water partition coefficient (Wildman–Crippen LogP) is 2.67. The molecule has 0 unspecified atom stereocenters. The minimum atomic E-state index is -4.52. The zero-order valence-corrected chi connectivity index (χ0v) is 7.86. The Bertz CT molecular complexity index is 184. The molecule has 0 amide bonds. The maximum atomic E-state index is 12.2. The van der Waals surface area contributed by atoms with Crippen molar-refractivity contribution in [3.8, 4) is 0 Å². The van der Waals surface area contributed by atoms with Crippen LogP contribution in [-0.2, 0) is 9.53 Å². The summed E-state index contributed by atoms with van der Waals surface area (Å²) in [4.78, 5) is 10.8. The van der Waals surface area contributed by atoms with Crippen LogP contribution in [0.1, 0.15) is 33.6 Å². The zero-order valence-electron chi connectivity index (χ0n) is 7.86. The fourth-order valence-corrected chi connectivity index (χ4v) is 0.598. The highest BCUT2D eigenvalue weighted by molar-refractivity contribution is 5.69. The summed E-state index contributed by atoms with van der Waals surface area (Å²) >= 11 is 0. The van der Waals surface area contributed by atoms with Gasteiger partial charge in [0.1, 0.15) is 0 Å². The first-order valence-electron chi connectivity index (χ1n) is 3.99. The van der Waals surface area contributed by atoms with Gasteiger partial charge >= 0.3 is 12.1 Å². The van der Waals surface area contributed by atoms with Gasteiger partial charge in [-0.3, -0.25) is 4.79 Å². The van der Waals surface area contributed by atoms with Gasteiger partial charge in [0.25, 0.3) is 0 Å². The lowest BCUT2D eigenvalue weighted by Crippen LogP contribution is -2.43. The SMILES string of the molecule is CCCC(=O)OC(C)(C)C(F)(F)F.